The first-order valence-corrected chi connectivity index (χ1v) is 7.71. The first-order valence-electron chi connectivity index (χ1n) is 7.71. The van der Waals surface area contributed by atoms with E-state index >= 15 is 0 Å². The molecule has 0 aromatic carbocycles. The van der Waals surface area contributed by atoms with Crippen molar-refractivity contribution >= 4 is 11.9 Å². The SMILES string of the molecule is CCC1(CC)CCN(C(=NC)NCC(=O)NC(C)C)C1. The second kappa shape index (κ2) is 7.50. The van der Waals surface area contributed by atoms with Crippen molar-refractivity contribution in [2.75, 3.05) is 26.7 Å². The lowest BCUT2D eigenvalue weighted by Crippen LogP contribution is -2.46. The van der Waals surface area contributed by atoms with Crippen molar-refractivity contribution in [3.8, 4) is 0 Å². The van der Waals surface area contributed by atoms with Crippen molar-refractivity contribution in [2.45, 2.75) is 53.0 Å². The van der Waals surface area contributed by atoms with Gasteiger partial charge in [0.1, 0.15) is 0 Å². The summed E-state index contributed by atoms with van der Waals surface area (Å²) < 4.78 is 0. The molecule has 0 saturated carbocycles. The van der Waals surface area contributed by atoms with Crippen LogP contribution >= 0.6 is 0 Å². The predicted molar refractivity (Wildman–Crippen MR) is 83.8 cm³/mol. The van der Waals surface area contributed by atoms with Crippen LogP contribution in [0.25, 0.3) is 0 Å². The van der Waals surface area contributed by atoms with Gasteiger partial charge in [-0.3, -0.25) is 9.79 Å². The minimum absolute atomic E-state index is 0.0117. The zero-order valence-electron chi connectivity index (χ0n) is 13.6. The molecule has 0 bridgehead atoms. The second-order valence-electron chi connectivity index (χ2n) is 6.00. The molecule has 2 N–H and O–H groups in total. The summed E-state index contributed by atoms with van der Waals surface area (Å²) in [5.74, 6) is 0.852. The Morgan fingerprint density at radius 1 is 1.35 bits per heavy atom. The average molecular weight is 282 g/mol. The molecule has 1 aliphatic rings. The van der Waals surface area contributed by atoms with Crippen LogP contribution < -0.4 is 10.6 Å². The van der Waals surface area contributed by atoms with Crippen LogP contribution in [0.2, 0.25) is 0 Å². The summed E-state index contributed by atoms with van der Waals surface area (Å²) in [5, 5.41) is 6.04. The van der Waals surface area contributed by atoms with Gasteiger partial charge in [0.25, 0.3) is 0 Å². The number of amides is 1. The number of nitrogens with zero attached hydrogens (tertiary/aromatic N) is 2. The van der Waals surface area contributed by atoms with Crippen LogP contribution in [0.15, 0.2) is 4.99 Å². The Bertz CT molecular complexity index is 348. The van der Waals surface area contributed by atoms with E-state index in [0.29, 0.717) is 5.41 Å². The maximum Gasteiger partial charge on any atom is 0.239 e. The number of aliphatic imine (C=N–C) groups is 1. The monoisotopic (exact) mass is 282 g/mol. The van der Waals surface area contributed by atoms with Gasteiger partial charge in [0.2, 0.25) is 5.91 Å². The number of likely N-dealkylation sites (tertiary alicyclic amines) is 1. The zero-order valence-corrected chi connectivity index (χ0v) is 13.6. The molecule has 0 unspecified atom stereocenters. The highest BCUT2D eigenvalue weighted by molar-refractivity contribution is 5.86. The van der Waals surface area contributed by atoms with Crippen molar-refractivity contribution in [1.29, 1.82) is 0 Å². The number of nitrogens with one attached hydrogen (secondary N) is 2. The third kappa shape index (κ3) is 4.39. The van der Waals surface area contributed by atoms with Crippen LogP contribution in [0.5, 0.6) is 0 Å². The van der Waals surface area contributed by atoms with Gasteiger partial charge in [-0.05, 0) is 38.5 Å². The Kier molecular flexibility index (Phi) is 6.30. The zero-order chi connectivity index (χ0) is 15.2. The molecule has 1 fully saturated rings. The number of carbonyl (C=O) groups is 1. The van der Waals surface area contributed by atoms with Crippen LogP contribution in [0.1, 0.15) is 47.0 Å². The van der Waals surface area contributed by atoms with Gasteiger partial charge in [-0.25, -0.2) is 0 Å². The van der Waals surface area contributed by atoms with Gasteiger partial charge in [-0.2, -0.15) is 0 Å². The first-order chi connectivity index (χ1) is 9.46. The fraction of sp³-hybridized carbons (Fsp3) is 0.867. The van der Waals surface area contributed by atoms with Gasteiger partial charge in [-0.1, -0.05) is 13.8 Å². The van der Waals surface area contributed by atoms with Crippen molar-refractivity contribution < 1.29 is 4.79 Å². The lowest BCUT2D eigenvalue weighted by atomic mass is 9.82. The van der Waals surface area contributed by atoms with Crippen molar-refractivity contribution in [1.82, 2.24) is 15.5 Å². The molecule has 0 spiro atoms. The Morgan fingerprint density at radius 3 is 2.45 bits per heavy atom. The summed E-state index contributed by atoms with van der Waals surface area (Å²) in [4.78, 5) is 18.3. The number of hydrogen-bond donors (Lipinski definition) is 2. The molecule has 0 aliphatic carbocycles. The van der Waals surface area contributed by atoms with Gasteiger partial charge in [-0.15, -0.1) is 0 Å². The smallest absolute Gasteiger partial charge is 0.239 e. The molecule has 5 heteroatoms. The average Bonchev–Trinajstić information content (AvgIpc) is 2.84. The second-order valence-corrected chi connectivity index (χ2v) is 6.00. The topological polar surface area (TPSA) is 56.7 Å². The van der Waals surface area contributed by atoms with E-state index in [1.807, 2.05) is 13.8 Å². The number of guanidine groups is 1. The maximum atomic E-state index is 11.7. The molecule has 0 atom stereocenters. The molecule has 1 rings (SSSR count). The van der Waals surface area contributed by atoms with Gasteiger partial charge < -0.3 is 15.5 Å². The van der Waals surface area contributed by atoms with Crippen LogP contribution in [-0.2, 0) is 4.79 Å². The Labute approximate surface area is 123 Å². The summed E-state index contributed by atoms with van der Waals surface area (Å²) in [7, 11) is 1.78. The first kappa shape index (κ1) is 16.8. The third-order valence-corrected chi connectivity index (χ3v) is 4.31. The Balaban J connectivity index is 2.51. The van der Waals surface area contributed by atoms with Gasteiger partial charge in [0.05, 0.1) is 6.54 Å². The quantitative estimate of drug-likeness (QED) is 0.595. The molecule has 116 valence electrons. The van der Waals surface area contributed by atoms with E-state index < -0.39 is 0 Å². The van der Waals surface area contributed by atoms with Gasteiger partial charge in [0.15, 0.2) is 5.96 Å². The standard InChI is InChI=1S/C15H30N4O/c1-6-15(7-2)8-9-19(11-15)14(16-5)17-10-13(20)18-12(3)4/h12H,6-11H2,1-5H3,(H,16,17)(H,18,20). The number of carbonyl (C=O) groups excluding carboxylic acids is 1. The molecule has 1 amide bonds. The molecule has 0 aromatic heterocycles. The van der Waals surface area contributed by atoms with Crippen LogP contribution in [0.3, 0.4) is 0 Å². The lowest BCUT2D eigenvalue weighted by Gasteiger charge is -2.27. The molecule has 5 nitrogen and oxygen atoms in total. The van der Waals surface area contributed by atoms with E-state index in [9.17, 15) is 4.79 Å². The summed E-state index contributed by atoms with van der Waals surface area (Å²) in [6.07, 6.45) is 3.61. The highest BCUT2D eigenvalue weighted by Gasteiger charge is 2.36. The van der Waals surface area contributed by atoms with Gasteiger partial charge >= 0.3 is 0 Å². The molecule has 20 heavy (non-hydrogen) atoms. The molecule has 1 aliphatic heterocycles. The van der Waals surface area contributed by atoms with Crippen molar-refractivity contribution in [3.63, 3.8) is 0 Å². The molecule has 0 radical (unpaired) electrons. The minimum atomic E-state index is 0.0117. The predicted octanol–water partition coefficient (Wildman–Crippen LogP) is 1.60. The fourth-order valence-electron chi connectivity index (χ4n) is 2.81. The van der Waals surface area contributed by atoms with Crippen LogP contribution in [-0.4, -0.2) is 49.5 Å². The third-order valence-electron chi connectivity index (χ3n) is 4.31. The maximum absolute atomic E-state index is 11.7. The van der Waals surface area contributed by atoms with Crippen molar-refractivity contribution in [3.05, 3.63) is 0 Å². The summed E-state index contributed by atoms with van der Waals surface area (Å²) in [6, 6.07) is 0.172. The summed E-state index contributed by atoms with van der Waals surface area (Å²) >= 11 is 0. The molecular weight excluding hydrogens is 252 g/mol. The lowest BCUT2D eigenvalue weighted by molar-refractivity contribution is -0.120. The molecule has 1 heterocycles. The Hall–Kier alpha value is -1.26. The van der Waals surface area contributed by atoms with E-state index in [1.54, 1.807) is 7.05 Å². The highest BCUT2D eigenvalue weighted by Crippen LogP contribution is 2.36. The molecule has 1 saturated heterocycles. The summed E-state index contributed by atoms with van der Waals surface area (Å²) in [6.45, 7) is 10.8. The van der Waals surface area contributed by atoms with Gasteiger partial charge in [0, 0.05) is 26.2 Å². The van der Waals surface area contributed by atoms with Crippen LogP contribution in [0.4, 0.5) is 0 Å². The van der Waals surface area contributed by atoms with E-state index in [-0.39, 0.29) is 18.5 Å². The Morgan fingerprint density at radius 2 is 2.00 bits per heavy atom. The fourth-order valence-corrected chi connectivity index (χ4v) is 2.81. The summed E-state index contributed by atoms with van der Waals surface area (Å²) in [5.41, 5.74) is 0.414. The minimum Gasteiger partial charge on any atom is -0.352 e. The van der Waals surface area contributed by atoms with E-state index in [2.05, 4.69) is 34.4 Å². The van der Waals surface area contributed by atoms with Crippen LogP contribution in [0, 0.1) is 5.41 Å². The highest BCUT2D eigenvalue weighted by atomic mass is 16.2. The molecule has 0 aromatic rings. The number of hydrogen-bond acceptors (Lipinski definition) is 2. The van der Waals surface area contributed by atoms with Crippen molar-refractivity contribution in [2.24, 2.45) is 10.4 Å². The van der Waals surface area contributed by atoms with E-state index in [1.165, 1.54) is 19.3 Å². The molecular formula is C15H30N4O. The van der Waals surface area contributed by atoms with E-state index in [0.717, 1.165) is 19.0 Å². The van der Waals surface area contributed by atoms with E-state index in [4.69, 9.17) is 0 Å². The number of rotatable bonds is 5. The largest absolute Gasteiger partial charge is 0.352 e. The normalized spacial score (nSPS) is 18.5.